The van der Waals surface area contributed by atoms with E-state index in [2.05, 4.69) is 0 Å². The van der Waals surface area contributed by atoms with Crippen LogP contribution in [-0.2, 0) is 11.3 Å². The van der Waals surface area contributed by atoms with E-state index in [0.29, 0.717) is 0 Å². The van der Waals surface area contributed by atoms with Crippen LogP contribution < -0.4 is 0 Å². The molecule has 0 aliphatic heterocycles. The molecule has 122 valence electrons. The third-order valence-corrected chi connectivity index (χ3v) is 3.88. The SMILES string of the molecule is Cc1ccc([C@@H](O)CN(C)C(=O)OCc2ccccc2)cc1C. The minimum absolute atomic E-state index is 0.191. The first kappa shape index (κ1) is 17.0. The van der Waals surface area contributed by atoms with Gasteiger partial charge in [0, 0.05) is 7.05 Å². The van der Waals surface area contributed by atoms with Crippen LogP contribution in [0, 0.1) is 13.8 Å². The molecule has 1 amide bonds. The quantitative estimate of drug-likeness (QED) is 0.917. The zero-order valence-electron chi connectivity index (χ0n) is 13.8. The topological polar surface area (TPSA) is 49.8 Å². The molecule has 1 atom stereocenters. The third kappa shape index (κ3) is 4.83. The van der Waals surface area contributed by atoms with E-state index in [4.69, 9.17) is 4.74 Å². The Morgan fingerprint density at radius 2 is 1.83 bits per heavy atom. The van der Waals surface area contributed by atoms with Crippen molar-refractivity contribution in [2.45, 2.75) is 26.6 Å². The smallest absolute Gasteiger partial charge is 0.409 e. The van der Waals surface area contributed by atoms with E-state index in [1.54, 1.807) is 7.05 Å². The van der Waals surface area contributed by atoms with Crippen LogP contribution >= 0.6 is 0 Å². The van der Waals surface area contributed by atoms with Gasteiger partial charge in [0.25, 0.3) is 0 Å². The van der Waals surface area contributed by atoms with Crippen molar-refractivity contribution < 1.29 is 14.6 Å². The van der Waals surface area contributed by atoms with Crippen LogP contribution in [0.15, 0.2) is 48.5 Å². The summed E-state index contributed by atoms with van der Waals surface area (Å²) >= 11 is 0. The summed E-state index contributed by atoms with van der Waals surface area (Å²) in [5.41, 5.74) is 4.03. The highest BCUT2D eigenvalue weighted by molar-refractivity contribution is 5.67. The average molecular weight is 313 g/mol. The molecule has 2 aromatic carbocycles. The fourth-order valence-electron chi connectivity index (χ4n) is 2.24. The zero-order chi connectivity index (χ0) is 16.8. The Bertz CT molecular complexity index is 655. The molecule has 0 saturated heterocycles. The van der Waals surface area contributed by atoms with E-state index >= 15 is 0 Å². The zero-order valence-corrected chi connectivity index (χ0v) is 13.8. The summed E-state index contributed by atoms with van der Waals surface area (Å²) < 4.78 is 5.25. The molecule has 23 heavy (non-hydrogen) atoms. The second-order valence-corrected chi connectivity index (χ2v) is 5.78. The van der Waals surface area contributed by atoms with Gasteiger partial charge in [-0.3, -0.25) is 0 Å². The van der Waals surface area contributed by atoms with Crippen LogP contribution in [0.5, 0.6) is 0 Å². The van der Waals surface area contributed by atoms with Crippen molar-refractivity contribution in [3.8, 4) is 0 Å². The molecule has 2 aromatic rings. The van der Waals surface area contributed by atoms with Gasteiger partial charge in [-0.25, -0.2) is 4.79 Å². The molecule has 4 nitrogen and oxygen atoms in total. The Labute approximate surface area is 137 Å². The van der Waals surface area contributed by atoms with Gasteiger partial charge < -0.3 is 14.7 Å². The highest BCUT2D eigenvalue weighted by Gasteiger charge is 2.16. The summed E-state index contributed by atoms with van der Waals surface area (Å²) in [5, 5.41) is 10.3. The second-order valence-electron chi connectivity index (χ2n) is 5.78. The lowest BCUT2D eigenvalue weighted by Crippen LogP contribution is -2.31. The van der Waals surface area contributed by atoms with Gasteiger partial charge in [0.2, 0.25) is 0 Å². The maximum atomic E-state index is 12.0. The molecule has 0 radical (unpaired) electrons. The lowest BCUT2D eigenvalue weighted by Gasteiger charge is -2.21. The van der Waals surface area contributed by atoms with Crippen molar-refractivity contribution in [2.75, 3.05) is 13.6 Å². The number of aliphatic hydroxyl groups excluding tert-OH is 1. The number of carbonyl (C=O) groups excluding carboxylic acids is 1. The molecule has 2 rings (SSSR count). The van der Waals surface area contributed by atoms with Gasteiger partial charge in [0.05, 0.1) is 12.6 Å². The summed E-state index contributed by atoms with van der Waals surface area (Å²) in [6.07, 6.45) is -1.18. The number of nitrogens with zero attached hydrogens (tertiary/aromatic N) is 1. The molecule has 0 bridgehead atoms. The molecule has 0 aliphatic carbocycles. The highest BCUT2D eigenvalue weighted by Crippen LogP contribution is 2.18. The number of hydrogen-bond acceptors (Lipinski definition) is 3. The number of likely N-dealkylation sites (N-methyl/N-ethyl adjacent to an activating group) is 1. The highest BCUT2D eigenvalue weighted by atomic mass is 16.6. The molecule has 0 aliphatic rings. The van der Waals surface area contributed by atoms with Gasteiger partial charge >= 0.3 is 6.09 Å². The standard InChI is InChI=1S/C19H23NO3/c1-14-9-10-17(11-15(14)2)18(21)12-20(3)19(22)23-13-16-7-5-4-6-8-16/h4-11,18,21H,12-13H2,1-3H3/t18-/m0/s1. The first-order chi connectivity index (χ1) is 11.0. The lowest BCUT2D eigenvalue weighted by molar-refractivity contribution is 0.0787. The van der Waals surface area contributed by atoms with Crippen LogP contribution in [0.2, 0.25) is 0 Å². The van der Waals surface area contributed by atoms with Crippen molar-refractivity contribution in [1.82, 2.24) is 4.90 Å². The monoisotopic (exact) mass is 313 g/mol. The normalized spacial score (nSPS) is 11.8. The van der Waals surface area contributed by atoms with E-state index in [0.717, 1.165) is 16.7 Å². The lowest BCUT2D eigenvalue weighted by atomic mass is 10.0. The Kier molecular flexibility index (Phi) is 5.77. The van der Waals surface area contributed by atoms with Crippen LogP contribution in [0.4, 0.5) is 4.79 Å². The maximum Gasteiger partial charge on any atom is 0.409 e. The van der Waals surface area contributed by atoms with Crippen molar-refractivity contribution in [3.63, 3.8) is 0 Å². The maximum absolute atomic E-state index is 12.0. The van der Waals surface area contributed by atoms with E-state index < -0.39 is 12.2 Å². The largest absolute Gasteiger partial charge is 0.445 e. The van der Waals surface area contributed by atoms with Crippen LogP contribution in [-0.4, -0.2) is 29.7 Å². The molecule has 0 unspecified atom stereocenters. The Morgan fingerprint density at radius 1 is 1.13 bits per heavy atom. The van der Waals surface area contributed by atoms with E-state index in [-0.39, 0.29) is 13.2 Å². The van der Waals surface area contributed by atoms with Gasteiger partial charge in [-0.1, -0.05) is 48.5 Å². The number of rotatable bonds is 5. The second kappa shape index (κ2) is 7.79. The van der Waals surface area contributed by atoms with Crippen LogP contribution in [0.25, 0.3) is 0 Å². The van der Waals surface area contributed by atoms with Crippen molar-refractivity contribution >= 4 is 6.09 Å². The third-order valence-electron chi connectivity index (χ3n) is 3.88. The molecule has 0 aromatic heterocycles. The van der Waals surface area contributed by atoms with E-state index in [9.17, 15) is 9.90 Å². The number of hydrogen-bond donors (Lipinski definition) is 1. The number of aryl methyl sites for hydroxylation is 2. The number of benzene rings is 2. The molecular weight excluding hydrogens is 290 g/mol. The molecule has 0 fully saturated rings. The number of aliphatic hydroxyl groups is 1. The number of amides is 1. The van der Waals surface area contributed by atoms with Gasteiger partial charge in [-0.15, -0.1) is 0 Å². The predicted molar refractivity (Wildman–Crippen MR) is 90.1 cm³/mol. The number of carbonyl (C=O) groups is 1. The molecule has 1 N–H and O–H groups in total. The summed E-state index contributed by atoms with van der Waals surface area (Å²) in [4.78, 5) is 13.4. The molecule has 0 saturated carbocycles. The minimum atomic E-state index is -0.733. The van der Waals surface area contributed by atoms with Crippen LogP contribution in [0.3, 0.4) is 0 Å². The molecule has 0 spiro atoms. The van der Waals surface area contributed by atoms with Crippen molar-refractivity contribution in [1.29, 1.82) is 0 Å². The fraction of sp³-hybridized carbons (Fsp3) is 0.316. The minimum Gasteiger partial charge on any atom is -0.445 e. The molecule has 4 heteroatoms. The molecule has 0 heterocycles. The summed E-state index contributed by atoms with van der Waals surface area (Å²) in [5.74, 6) is 0. The van der Waals surface area contributed by atoms with Gasteiger partial charge in [0.1, 0.15) is 6.61 Å². The van der Waals surface area contributed by atoms with Crippen molar-refractivity contribution in [2.24, 2.45) is 0 Å². The first-order valence-electron chi connectivity index (χ1n) is 7.64. The van der Waals surface area contributed by atoms with Gasteiger partial charge in [-0.2, -0.15) is 0 Å². The van der Waals surface area contributed by atoms with E-state index in [1.165, 1.54) is 10.5 Å². The van der Waals surface area contributed by atoms with Gasteiger partial charge in [0.15, 0.2) is 0 Å². The number of ether oxygens (including phenoxy) is 1. The van der Waals surface area contributed by atoms with Gasteiger partial charge in [-0.05, 0) is 36.1 Å². The summed E-state index contributed by atoms with van der Waals surface area (Å²) in [7, 11) is 1.62. The summed E-state index contributed by atoms with van der Waals surface area (Å²) in [6.45, 7) is 4.45. The first-order valence-corrected chi connectivity index (χ1v) is 7.64. The Morgan fingerprint density at radius 3 is 2.48 bits per heavy atom. The fourth-order valence-corrected chi connectivity index (χ4v) is 2.24. The Hall–Kier alpha value is -2.33. The summed E-state index contributed by atoms with van der Waals surface area (Å²) in [6, 6.07) is 15.3. The van der Waals surface area contributed by atoms with Crippen molar-refractivity contribution in [3.05, 3.63) is 70.8 Å². The predicted octanol–water partition coefficient (Wildman–Crippen LogP) is 3.61. The van der Waals surface area contributed by atoms with E-state index in [1.807, 2.05) is 62.4 Å². The van der Waals surface area contributed by atoms with Crippen LogP contribution in [0.1, 0.15) is 28.4 Å². The average Bonchev–Trinajstić information content (AvgIpc) is 2.55. The Balaban J connectivity index is 1.88. The molecular formula is C19H23NO3.